The van der Waals surface area contributed by atoms with Gasteiger partial charge in [-0.15, -0.1) is 0 Å². The van der Waals surface area contributed by atoms with E-state index in [1.54, 1.807) is 0 Å². The summed E-state index contributed by atoms with van der Waals surface area (Å²) in [7, 11) is 0. The molecule has 10 heteroatoms. The number of ketones is 2. The number of halogens is 6. The standard InChI is InChI=1S/C32H14F6N2O2/c33-31(34,35)25-11-17(1-3-19(25)13-39)15-5-7-21-23(9-15)29(41)28-22-8-6-16(10-24(22)30(42)27(21)28)18-2-4-20(14-40)26(12-18)32(36,37)38/h1-12,27-28H. The summed E-state index contributed by atoms with van der Waals surface area (Å²) < 4.78 is 80.9. The number of hydrogen-bond acceptors (Lipinski definition) is 4. The summed E-state index contributed by atoms with van der Waals surface area (Å²) in [4.78, 5) is 27.1. The Bertz CT molecular complexity index is 1800. The van der Waals surface area contributed by atoms with Crippen molar-refractivity contribution in [3.63, 3.8) is 0 Å². The van der Waals surface area contributed by atoms with E-state index < -0.39 is 46.4 Å². The molecule has 4 nitrogen and oxygen atoms in total. The molecule has 0 aromatic heterocycles. The molecule has 2 atom stereocenters. The number of Topliss-reactive ketones (excluding diaryl/α,β-unsaturated/α-hetero) is 2. The Balaban J connectivity index is 1.37. The molecule has 0 radical (unpaired) electrons. The third kappa shape index (κ3) is 4.07. The van der Waals surface area contributed by atoms with Crippen LogP contribution in [0, 0.1) is 22.7 Å². The summed E-state index contributed by atoms with van der Waals surface area (Å²) in [5.41, 5.74) is -1.13. The van der Waals surface area contributed by atoms with Gasteiger partial charge in [0.05, 0.1) is 46.2 Å². The highest BCUT2D eigenvalue weighted by molar-refractivity contribution is 6.20. The second-order valence-corrected chi connectivity index (χ2v) is 10.0. The second kappa shape index (κ2) is 9.15. The molecule has 0 spiro atoms. The van der Waals surface area contributed by atoms with Crippen LogP contribution in [0.2, 0.25) is 0 Å². The van der Waals surface area contributed by atoms with E-state index in [4.69, 9.17) is 10.5 Å². The van der Waals surface area contributed by atoms with Crippen LogP contribution in [0.5, 0.6) is 0 Å². The van der Waals surface area contributed by atoms with Crippen LogP contribution in [-0.4, -0.2) is 11.6 Å². The molecule has 206 valence electrons. The molecule has 42 heavy (non-hydrogen) atoms. The summed E-state index contributed by atoms with van der Waals surface area (Å²) in [5.74, 6) is -2.52. The smallest absolute Gasteiger partial charge is 0.293 e. The predicted molar refractivity (Wildman–Crippen MR) is 137 cm³/mol. The van der Waals surface area contributed by atoms with Crippen LogP contribution >= 0.6 is 0 Å². The fraction of sp³-hybridized carbons (Fsp3) is 0.125. The molecular weight excluding hydrogens is 558 g/mol. The molecular formula is C32H14F6N2O2. The Kier molecular flexibility index (Phi) is 5.88. The van der Waals surface area contributed by atoms with Crippen molar-refractivity contribution in [1.29, 1.82) is 10.5 Å². The number of hydrogen-bond donors (Lipinski definition) is 0. The van der Waals surface area contributed by atoms with Gasteiger partial charge in [0.1, 0.15) is 0 Å². The molecule has 0 fully saturated rings. The molecule has 0 bridgehead atoms. The molecule has 4 aromatic carbocycles. The first kappa shape index (κ1) is 27.0. The minimum Gasteiger partial charge on any atom is -0.293 e. The Morgan fingerprint density at radius 2 is 0.857 bits per heavy atom. The number of carbonyl (C=O) groups is 2. The summed E-state index contributed by atoms with van der Waals surface area (Å²) in [6, 6.07) is 18.5. The Morgan fingerprint density at radius 3 is 1.19 bits per heavy atom. The third-order valence-corrected chi connectivity index (χ3v) is 7.76. The SMILES string of the molecule is N#Cc1ccc(-c2ccc3c(c2)C(=O)C2c4ccc(-c5ccc(C#N)c(C(F)(F)F)c5)cc4C(=O)C32)cc1C(F)(F)F. The van der Waals surface area contributed by atoms with E-state index in [1.807, 2.05) is 0 Å². The average Bonchev–Trinajstić information content (AvgIpc) is 3.42. The van der Waals surface area contributed by atoms with Crippen LogP contribution in [0.15, 0.2) is 72.8 Å². The van der Waals surface area contributed by atoms with Crippen LogP contribution in [0.4, 0.5) is 26.3 Å². The fourth-order valence-corrected chi connectivity index (χ4v) is 5.83. The van der Waals surface area contributed by atoms with Gasteiger partial charge in [-0.1, -0.05) is 36.4 Å². The maximum absolute atomic E-state index is 13.5. The number of carbonyl (C=O) groups excluding carboxylic acids is 2. The number of fused-ring (bicyclic) bond motifs is 5. The van der Waals surface area contributed by atoms with E-state index in [-0.39, 0.29) is 33.8 Å². The van der Waals surface area contributed by atoms with Crippen LogP contribution in [-0.2, 0) is 12.4 Å². The Morgan fingerprint density at radius 1 is 0.524 bits per heavy atom. The van der Waals surface area contributed by atoms with Crippen LogP contribution in [0.25, 0.3) is 22.3 Å². The topological polar surface area (TPSA) is 81.7 Å². The van der Waals surface area contributed by atoms with Crippen LogP contribution in [0.1, 0.15) is 65.9 Å². The highest BCUT2D eigenvalue weighted by Gasteiger charge is 2.51. The molecule has 2 aliphatic rings. The largest absolute Gasteiger partial charge is 0.417 e. The lowest BCUT2D eigenvalue weighted by atomic mass is 9.92. The van der Waals surface area contributed by atoms with Gasteiger partial charge in [0.25, 0.3) is 0 Å². The summed E-state index contributed by atoms with van der Waals surface area (Å²) in [6.07, 6.45) is -9.52. The Labute approximate surface area is 234 Å². The van der Waals surface area contributed by atoms with E-state index in [0.29, 0.717) is 22.3 Å². The Hall–Kier alpha value is -5.22. The summed E-state index contributed by atoms with van der Waals surface area (Å²) >= 11 is 0. The van der Waals surface area contributed by atoms with Crippen molar-refractivity contribution in [3.05, 3.63) is 117 Å². The third-order valence-electron chi connectivity index (χ3n) is 7.76. The molecule has 4 aromatic rings. The van der Waals surface area contributed by atoms with Crippen LogP contribution < -0.4 is 0 Å². The van der Waals surface area contributed by atoms with Gasteiger partial charge in [0, 0.05) is 11.1 Å². The average molecular weight is 572 g/mol. The minimum absolute atomic E-state index is 0.144. The van der Waals surface area contributed by atoms with Gasteiger partial charge in [0.15, 0.2) is 11.6 Å². The van der Waals surface area contributed by atoms with Gasteiger partial charge in [-0.25, -0.2) is 0 Å². The first-order valence-electron chi connectivity index (χ1n) is 12.4. The number of benzene rings is 4. The number of nitrogens with zero attached hydrogens (tertiary/aromatic N) is 2. The summed E-state index contributed by atoms with van der Waals surface area (Å²) in [6.45, 7) is 0. The number of alkyl halides is 6. The first-order valence-corrected chi connectivity index (χ1v) is 12.4. The summed E-state index contributed by atoms with van der Waals surface area (Å²) in [5, 5.41) is 18.1. The van der Waals surface area contributed by atoms with Gasteiger partial charge in [-0.3, -0.25) is 9.59 Å². The van der Waals surface area contributed by atoms with Crippen molar-refractivity contribution in [3.8, 4) is 34.4 Å². The lowest BCUT2D eigenvalue weighted by molar-refractivity contribution is -0.138. The van der Waals surface area contributed by atoms with Crippen molar-refractivity contribution in [1.82, 2.24) is 0 Å². The molecule has 6 rings (SSSR count). The van der Waals surface area contributed by atoms with Crippen molar-refractivity contribution in [2.45, 2.75) is 24.2 Å². The molecule has 2 unspecified atom stereocenters. The van der Waals surface area contributed by atoms with E-state index in [2.05, 4.69) is 0 Å². The highest BCUT2D eigenvalue weighted by Crippen LogP contribution is 2.53. The maximum Gasteiger partial charge on any atom is 0.417 e. The maximum atomic E-state index is 13.5. The lowest BCUT2D eigenvalue weighted by Crippen LogP contribution is -2.09. The second-order valence-electron chi connectivity index (χ2n) is 10.0. The van der Waals surface area contributed by atoms with Crippen molar-refractivity contribution in [2.75, 3.05) is 0 Å². The van der Waals surface area contributed by atoms with E-state index in [1.165, 1.54) is 60.7 Å². The fourth-order valence-electron chi connectivity index (χ4n) is 5.83. The van der Waals surface area contributed by atoms with Gasteiger partial charge in [0.2, 0.25) is 0 Å². The van der Waals surface area contributed by atoms with E-state index in [9.17, 15) is 35.9 Å². The monoisotopic (exact) mass is 572 g/mol. The zero-order valence-corrected chi connectivity index (χ0v) is 21.1. The molecule has 0 saturated heterocycles. The van der Waals surface area contributed by atoms with Crippen molar-refractivity contribution in [2.24, 2.45) is 0 Å². The lowest BCUT2D eigenvalue weighted by Gasteiger charge is -2.13. The first-order chi connectivity index (χ1) is 19.8. The number of rotatable bonds is 2. The van der Waals surface area contributed by atoms with Gasteiger partial charge in [-0.05, 0) is 69.8 Å². The molecule has 0 N–H and O–H groups in total. The molecule has 0 aliphatic heterocycles. The number of nitriles is 2. The quantitative estimate of drug-likeness (QED) is 0.228. The normalized spacial score (nSPS) is 17.3. The van der Waals surface area contributed by atoms with E-state index >= 15 is 0 Å². The van der Waals surface area contributed by atoms with Crippen LogP contribution in [0.3, 0.4) is 0 Å². The van der Waals surface area contributed by atoms with Gasteiger partial charge >= 0.3 is 12.4 Å². The minimum atomic E-state index is -4.76. The van der Waals surface area contributed by atoms with Gasteiger partial charge in [-0.2, -0.15) is 36.9 Å². The van der Waals surface area contributed by atoms with Gasteiger partial charge < -0.3 is 0 Å². The predicted octanol–water partition coefficient (Wildman–Crippen LogP) is 8.06. The molecule has 0 heterocycles. The molecule has 0 amide bonds. The van der Waals surface area contributed by atoms with E-state index in [0.717, 1.165) is 24.3 Å². The molecule has 0 saturated carbocycles. The van der Waals surface area contributed by atoms with Crippen molar-refractivity contribution < 1.29 is 35.9 Å². The van der Waals surface area contributed by atoms with Crippen molar-refractivity contribution >= 4 is 11.6 Å². The highest BCUT2D eigenvalue weighted by atomic mass is 19.4. The zero-order valence-electron chi connectivity index (χ0n) is 21.1. The molecule has 2 aliphatic carbocycles. The zero-order chi connectivity index (χ0) is 30.1.